The van der Waals surface area contributed by atoms with Crippen molar-refractivity contribution in [1.29, 1.82) is 0 Å². The molecular formula is C28H31N3O2. The summed E-state index contributed by atoms with van der Waals surface area (Å²) < 4.78 is 8.27. The van der Waals surface area contributed by atoms with Crippen molar-refractivity contribution in [3.05, 3.63) is 94.8 Å². The Morgan fingerprint density at radius 3 is 2.58 bits per heavy atom. The molecule has 5 heteroatoms. The maximum atomic E-state index is 12.6. The van der Waals surface area contributed by atoms with Crippen LogP contribution in [0.15, 0.2) is 66.7 Å². The first-order chi connectivity index (χ1) is 16.0. The summed E-state index contributed by atoms with van der Waals surface area (Å²) in [5.74, 6) is 1.91. The standard InChI is InChI=1S/C28H31N3O2/c1-20-14-15-23(22(3)19-20)28(32)29-16-8-13-27-30-24-10-5-6-11-25(24)31(27)17-18-33-26-12-7-4-9-21(26)2/h4-7,9-12,14-15,19H,8,13,16-18H2,1-3H3,(H,29,32). The number of aromatic nitrogens is 2. The molecule has 1 amide bonds. The van der Waals surface area contributed by atoms with Crippen molar-refractivity contribution >= 4 is 16.9 Å². The van der Waals surface area contributed by atoms with E-state index in [9.17, 15) is 4.79 Å². The number of para-hydroxylation sites is 3. The Labute approximate surface area is 195 Å². The molecule has 1 N–H and O–H groups in total. The zero-order valence-electron chi connectivity index (χ0n) is 19.6. The van der Waals surface area contributed by atoms with E-state index >= 15 is 0 Å². The van der Waals surface area contributed by atoms with Crippen molar-refractivity contribution in [2.45, 2.75) is 40.2 Å². The molecule has 0 aliphatic carbocycles. The molecular weight excluding hydrogens is 410 g/mol. The van der Waals surface area contributed by atoms with Crippen LogP contribution in [0.5, 0.6) is 5.75 Å². The summed E-state index contributed by atoms with van der Waals surface area (Å²) >= 11 is 0. The van der Waals surface area contributed by atoms with Gasteiger partial charge in [0.05, 0.1) is 17.6 Å². The van der Waals surface area contributed by atoms with Crippen LogP contribution in [0.1, 0.15) is 39.3 Å². The fourth-order valence-corrected chi connectivity index (χ4v) is 4.14. The van der Waals surface area contributed by atoms with Gasteiger partial charge in [-0.25, -0.2) is 4.98 Å². The van der Waals surface area contributed by atoms with Crippen LogP contribution < -0.4 is 10.1 Å². The van der Waals surface area contributed by atoms with Crippen LogP contribution in [0.2, 0.25) is 0 Å². The zero-order chi connectivity index (χ0) is 23.2. The lowest BCUT2D eigenvalue weighted by Gasteiger charge is -2.12. The molecule has 0 saturated heterocycles. The predicted octanol–water partition coefficient (Wildman–Crippen LogP) is 5.40. The Kier molecular flexibility index (Phi) is 7.08. The van der Waals surface area contributed by atoms with Crippen LogP contribution in [0.25, 0.3) is 11.0 Å². The molecule has 0 unspecified atom stereocenters. The number of hydrogen-bond donors (Lipinski definition) is 1. The first kappa shape index (κ1) is 22.6. The summed E-state index contributed by atoms with van der Waals surface area (Å²) in [5, 5.41) is 3.05. The molecule has 0 fully saturated rings. The second-order valence-corrected chi connectivity index (χ2v) is 8.46. The normalized spacial score (nSPS) is 11.0. The largest absolute Gasteiger partial charge is 0.491 e. The van der Waals surface area contributed by atoms with Crippen LogP contribution in [0, 0.1) is 20.8 Å². The maximum absolute atomic E-state index is 12.6. The first-order valence-corrected chi connectivity index (χ1v) is 11.5. The molecule has 1 aromatic heterocycles. The highest BCUT2D eigenvalue weighted by molar-refractivity contribution is 5.95. The topological polar surface area (TPSA) is 56.2 Å². The van der Waals surface area contributed by atoms with Gasteiger partial charge in [-0.15, -0.1) is 0 Å². The van der Waals surface area contributed by atoms with Gasteiger partial charge in [-0.2, -0.15) is 0 Å². The van der Waals surface area contributed by atoms with Crippen LogP contribution in [-0.2, 0) is 13.0 Å². The van der Waals surface area contributed by atoms with E-state index in [1.807, 2.05) is 68.4 Å². The summed E-state index contributed by atoms with van der Waals surface area (Å²) in [4.78, 5) is 17.4. The molecule has 0 bridgehead atoms. The summed E-state index contributed by atoms with van der Waals surface area (Å²) in [5.41, 5.74) is 6.13. The average Bonchev–Trinajstić information content (AvgIpc) is 3.15. The van der Waals surface area contributed by atoms with Crippen molar-refractivity contribution in [2.75, 3.05) is 13.2 Å². The Morgan fingerprint density at radius 1 is 0.970 bits per heavy atom. The van der Waals surface area contributed by atoms with Gasteiger partial charge in [-0.3, -0.25) is 4.79 Å². The van der Waals surface area contributed by atoms with Crippen LogP contribution in [0.4, 0.5) is 0 Å². The predicted molar refractivity (Wildman–Crippen MR) is 133 cm³/mol. The SMILES string of the molecule is Cc1ccc(C(=O)NCCCc2nc3ccccc3n2CCOc2ccccc2C)c(C)c1. The molecule has 0 aliphatic heterocycles. The average molecular weight is 442 g/mol. The Hall–Kier alpha value is -3.60. The minimum atomic E-state index is -0.0207. The first-order valence-electron chi connectivity index (χ1n) is 11.5. The third-order valence-corrected chi connectivity index (χ3v) is 5.89. The van der Waals surface area contributed by atoms with Gasteiger partial charge in [-0.1, -0.05) is 48.0 Å². The number of hydrogen-bond acceptors (Lipinski definition) is 3. The van der Waals surface area contributed by atoms with E-state index in [4.69, 9.17) is 9.72 Å². The molecule has 1 heterocycles. The van der Waals surface area contributed by atoms with Crippen LogP contribution >= 0.6 is 0 Å². The molecule has 3 aromatic carbocycles. The molecule has 4 rings (SSSR count). The van der Waals surface area contributed by atoms with Crippen molar-refractivity contribution in [3.63, 3.8) is 0 Å². The third kappa shape index (κ3) is 5.43. The van der Waals surface area contributed by atoms with Crippen molar-refractivity contribution in [2.24, 2.45) is 0 Å². The van der Waals surface area contributed by atoms with Gasteiger partial charge in [0, 0.05) is 18.5 Å². The Balaban J connectivity index is 1.38. The van der Waals surface area contributed by atoms with Gasteiger partial charge in [0.2, 0.25) is 0 Å². The minimum Gasteiger partial charge on any atom is -0.491 e. The van der Waals surface area contributed by atoms with Crippen molar-refractivity contribution < 1.29 is 9.53 Å². The molecule has 0 aliphatic rings. The summed E-state index contributed by atoms with van der Waals surface area (Å²) in [6, 6.07) is 22.2. The molecule has 0 spiro atoms. The van der Waals surface area contributed by atoms with E-state index in [0.717, 1.165) is 64.2 Å². The van der Waals surface area contributed by atoms with Gasteiger partial charge in [0.1, 0.15) is 18.2 Å². The second-order valence-electron chi connectivity index (χ2n) is 8.46. The number of nitrogens with zero attached hydrogens (tertiary/aromatic N) is 2. The fraction of sp³-hybridized carbons (Fsp3) is 0.286. The lowest BCUT2D eigenvalue weighted by Crippen LogP contribution is -2.25. The number of benzene rings is 3. The molecule has 33 heavy (non-hydrogen) atoms. The van der Waals surface area contributed by atoms with E-state index in [0.29, 0.717) is 13.2 Å². The lowest BCUT2D eigenvalue weighted by molar-refractivity contribution is 0.0952. The number of ether oxygens (including phenoxy) is 1. The van der Waals surface area contributed by atoms with Crippen molar-refractivity contribution in [3.8, 4) is 5.75 Å². The summed E-state index contributed by atoms with van der Waals surface area (Å²) in [6.45, 7) is 7.96. The number of carbonyl (C=O) groups excluding carboxylic acids is 1. The molecule has 5 nitrogen and oxygen atoms in total. The van der Waals surface area contributed by atoms with Crippen LogP contribution in [0.3, 0.4) is 0 Å². The maximum Gasteiger partial charge on any atom is 0.251 e. The highest BCUT2D eigenvalue weighted by Crippen LogP contribution is 2.19. The molecule has 0 saturated carbocycles. The highest BCUT2D eigenvalue weighted by atomic mass is 16.5. The van der Waals surface area contributed by atoms with Gasteiger partial charge >= 0.3 is 0 Å². The molecule has 4 aromatic rings. The molecule has 0 atom stereocenters. The summed E-state index contributed by atoms with van der Waals surface area (Å²) in [6.07, 6.45) is 1.60. The quantitative estimate of drug-likeness (QED) is 0.354. The minimum absolute atomic E-state index is 0.0207. The van der Waals surface area contributed by atoms with Crippen LogP contribution in [-0.4, -0.2) is 28.6 Å². The molecule has 0 radical (unpaired) electrons. The molecule has 170 valence electrons. The van der Waals surface area contributed by atoms with Gasteiger partial charge < -0.3 is 14.6 Å². The number of rotatable bonds is 9. The zero-order valence-corrected chi connectivity index (χ0v) is 19.6. The number of amides is 1. The highest BCUT2D eigenvalue weighted by Gasteiger charge is 2.12. The number of imidazole rings is 1. The van der Waals surface area contributed by atoms with E-state index in [-0.39, 0.29) is 5.91 Å². The number of aryl methyl sites for hydroxylation is 4. The van der Waals surface area contributed by atoms with E-state index < -0.39 is 0 Å². The van der Waals surface area contributed by atoms with Gasteiger partial charge in [0.25, 0.3) is 5.91 Å². The smallest absolute Gasteiger partial charge is 0.251 e. The van der Waals surface area contributed by atoms with E-state index in [2.05, 4.69) is 28.9 Å². The lowest BCUT2D eigenvalue weighted by atomic mass is 10.1. The summed E-state index contributed by atoms with van der Waals surface area (Å²) in [7, 11) is 0. The number of fused-ring (bicyclic) bond motifs is 1. The Bertz CT molecular complexity index is 1260. The third-order valence-electron chi connectivity index (χ3n) is 5.89. The Morgan fingerprint density at radius 2 is 1.76 bits per heavy atom. The van der Waals surface area contributed by atoms with E-state index in [1.165, 1.54) is 0 Å². The van der Waals surface area contributed by atoms with Crippen molar-refractivity contribution in [1.82, 2.24) is 14.9 Å². The van der Waals surface area contributed by atoms with Gasteiger partial charge in [-0.05, 0) is 62.6 Å². The number of carbonyl (C=O) groups is 1. The van der Waals surface area contributed by atoms with Gasteiger partial charge in [0.15, 0.2) is 0 Å². The second kappa shape index (κ2) is 10.3. The fourth-order valence-electron chi connectivity index (χ4n) is 4.14. The number of nitrogens with one attached hydrogen (secondary N) is 1. The monoisotopic (exact) mass is 441 g/mol. The van der Waals surface area contributed by atoms with E-state index in [1.54, 1.807) is 0 Å².